The van der Waals surface area contributed by atoms with Gasteiger partial charge in [0.05, 0.1) is 19.1 Å². The SMILES string of the molecule is FC1(F)[C@H]2CCc3ccccc3[C@]21N1CCOCC1. The second-order valence-corrected chi connectivity index (χ2v) is 5.74. The molecule has 1 heterocycles. The van der Waals surface area contributed by atoms with Gasteiger partial charge in [0.25, 0.3) is 5.92 Å². The fourth-order valence-electron chi connectivity index (χ4n) is 4.14. The smallest absolute Gasteiger partial charge is 0.275 e. The molecule has 1 saturated carbocycles. The van der Waals surface area contributed by atoms with Gasteiger partial charge in [0.15, 0.2) is 0 Å². The highest BCUT2D eigenvalue weighted by molar-refractivity contribution is 5.48. The van der Waals surface area contributed by atoms with Crippen molar-refractivity contribution < 1.29 is 13.5 Å². The summed E-state index contributed by atoms with van der Waals surface area (Å²) in [4.78, 5) is 1.97. The van der Waals surface area contributed by atoms with Crippen LogP contribution in [0.2, 0.25) is 0 Å². The number of alkyl halides is 2. The maximum absolute atomic E-state index is 14.5. The zero-order chi connectivity index (χ0) is 13.1. The Balaban J connectivity index is 1.84. The van der Waals surface area contributed by atoms with E-state index in [1.165, 1.54) is 0 Å². The number of hydrogen-bond acceptors (Lipinski definition) is 2. The number of halogens is 2. The van der Waals surface area contributed by atoms with E-state index in [4.69, 9.17) is 4.74 Å². The van der Waals surface area contributed by atoms with Crippen LogP contribution in [-0.4, -0.2) is 37.1 Å². The van der Waals surface area contributed by atoms with Crippen LogP contribution in [0.4, 0.5) is 8.78 Å². The second-order valence-electron chi connectivity index (χ2n) is 5.74. The van der Waals surface area contributed by atoms with Crippen LogP contribution in [0.3, 0.4) is 0 Å². The van der Waals surface area contributed by atoms with Gasteiger partial charge in [0.1, 0.15) is 5.54 Å². The molecule has 2 atom stereocenters. The summed E-state index contributed by atoms with van der Waals surface area (Å²) in [6.07, 6.45) is 1.38. The number of ether oxygens (including phenoxy) is 1. The topological polar surface area (TPSA) is 12.5 Å². The Labute approximate surface area is 111 Å². The molecule has 0 radical (unpaired) electrons. The number of rotatable bonds is 1. The minimum atomic E-state index is -2.59. The molecule has 0 amide bonds. The number of nitrogens with zero attached hydrogens (tertiary/aromatic N) is 1. The highest BCUT2D eigenvalue weighted by Crippen LogP contribution is 2.72. The zero-order valence-electron chi connectivity index (χ0n) is 10.7. The average Bonchev–Trinajstić information content (AvgIpc) is 2.98. The van der Waals surface area contributed by atoms with E-state index in [1.54, 1.807) is 0 Å². The van der Waals surface area contributed by atoms with E-state index in [0.29, 0.717) is 32.7 Å². The molecule has 1 aliphatic heterocycles. The summed E-state index contributed by atoms with van der Waals surface area (Å²) in [6, 6.07) is 7.74. The van der Waals surface area contributed by atoms with Gasteiger partial charge in [-0.15, -0.1) is 0 Å². The molecule has 4 heteroatoms. The van der Waals surface area contributed by atoms with E-state index in [2.05, 4.69) is 0 Å². The molecule has 0 N–H and O–H groups in total. The first kappa shape index (κ1) is 11.8. The first-order valence-corrected chi connectivity index (χ1v) is 6.98. The van der Waals surface area contributed by atoms with Crippen molar-refractivity contribution in [3.8, 4) is 0 Å². The predicted molar refractivity (Wildman–Crippen MR) is 67.3 cm³/mol. The lowest BCUT2D eigenvalue weighted by molar-refractivity contribution is -0.0357. The Hall–Kier alpha value is -1.00. The van der Waals surface area contributed by atoms with Gasteiger partial charge in [-0.05, 0) is 24.0 Å². The number of fused-ring (bicyclic) bond motifs is 3. The van der Waals surface area contributed by atoms with E-state index < -0.39 is 17.4 Å². The molecule has 1 saturated heterocycles. The monoisotopic (exact) mass is 265 g/mol. The van der Waals surface area contributed by atoms with Gasteiger partial charge >= 0.3 is 0 Å². The Morgan fingerprint density at radius 3 is 2.68 bits per heavy atom. The largest absolute Gasteiger partial charge is 0.379 e. The van der Waals surface area contributed by atoms with Crippen LogP contribution in [0.15, 0.2) is 24.3 Å². The van der Waals surface area contributed by atoms with Crippen molar-refractivity contribution in [2.24, 2.45) is 5.92 Å². The molecule has 0 bridgehead atoms. The lowest BCUT2D eigenvalue weighted by Gasteiger charge is -2.38. The van der Waals surface area contributed by atoms with Crippen molar-refractivity contribution in [3.05, 3.63) is 35.4 Å². The third-order valence-electron chi connectivity index (χ3n) is 5.01. The first-order valence-electron chi connectivity index (χ1n) is 6.98. The van der Waals surface area contributed by atoms with E-state index in [-0.39, 0.29) is 0 Å². The van der Waals surface area contributed by atoms with Gasteiger partial charge in [-0.3, -0.25) is 4.90 Å². The van der Waals surface area contributed by atoms with Crippen LogP contribution < -0.4 is 0 Å². The Bertz CT molecular complexity index is 513. The molecule has 4 rings (SSSR count). The van der Waals surface area contributed by atoms with Crippen molar-refractivity contribution in [2.45, 2.75) is 24.3 Å². The summed E-state index contributed by atoms with van der Waals surface area (Å²) in [5, 5.41) is 0. The molecule has 19 heavy (non-hydrogen) atoms. The van der Waals surface area contributed by atoms with Crippen LogP contribution >= 0.6 is 0 Å². The fourth-order valence-corrected chi connectivity index (χ4v) is 4.14. The summed E-state index contributed by atoms with van der Waals surface area (Å²) in [6.45, 7) is 2.35. The molecule has 2 fully saturated rings. The van der Waals surface area contributed by atoms with Gasteiger partial charge in [-0.25, -0.2) is 8.78 Å². The standard InChI is InChI=1S/C15H17F2NO/c16-15(17)13-6-5-11-3-1-2-4-12(11)14(13,15)18-7-9-19-10-8-18/h1-4,13H,5-10H2/t13-,14-/m0/s1. The maximum atomic E-state index is 14.5. The highest BCUT2D eigenvalue weighted by atomic mass is 19.3. The maximum Gasteiger partial charge on any atom is 0.275 e. The lowest BCUT2D eigenvalue weighted by atomic mass is 9.86. The molecular formula is C15H17F2NO. The molecule has 1 aromatic rings. The minimum absolute atomic E-state index is 0.506. The number of hydrogen-bond donors (Lipinski definition) is 0. The number of morpholine rings is 1. The molecule has 3 aliphatic rings. The summed E-state index contributed by atoms with van der Waals surface area (Å²) >= 11 is 0. The van der Waals surface area contributed by atoms with Crippen molar-refractivity contribution in [2.75, 3.05) is 26.3 Å². The molecule has 2 aliphatic carbocycles. The summed E-state index contributed by atoms with van der Waals surface area (Å²) < 4.78 is 34.4. The Kier molecular flexibility index (Phi) is 2.34. The Morgan fingerprint density at radius 1 is 1.16 bits per heavy atom. The third kappa shape index (κ3) is 1.31. The quantitative estimate of drug-likeness (QED) is 0.773. The van der Waals surface area contributed by atoms with Crippen molar-refractivity contribution in [1.82, 2.24) is 4.90 Å². The Morgan fingerprint density at radius 2 is 1.89 bits per heavy atom. The van der Waals surface area contributed by atoms with Gasteiger partial charge in [0.2, 0.25) is 0 Å². The van der Waals surface area contributed by atoms with Crippen LogP contribution in [0.1, 0.15) is 17.5 Å². The summed E-state index contributed by atoms with van der Waals surface area (Å²) in [5.41, 5.74) is 0.923. The third-order valence-corrected chi connectivity index (χ3v) is 5.01. The van der Waals surface area contributed by atoms with Crippen LogP contribution in [0, 0.1) is 5.92 Å². The van der Waals surface area contributed by atoms with Gasteiger partial charge < -0.3 is 4.74 Å². The first-order chi connectivity index (χ1) is 9.19. The van der Waals surface area contributed by atoms with Crippen LogP contribution in [0.5, 0.6) is 0 Å². The molecule has 102 valence electrons. The lowest BCUT2D eigenvalue weighted by Crippen LogP contribution is -2.48. The van der Waals surface area contributed by atoms with Crippen molar-refractivity contribution in [3.63, 3.8) is 0 Å². The zero-order valence-corrected chi connectivity index (χ0v) is 10.7. The van der Waals surface area contributed by atoms with Gasteiger partial charge in [-0.2, -0.15) is 0 Å². The number of aryl methyl sites for hydroxylation is 1. The molecule has 0 aromatic heterocycles. The average molecular weight is 265 g/mol. The highest BCUT2D eigenvalue weighted by Gasteiger charge is 2.84. The second kappa shape index (κ2) is 3.76. The van der Waals surface area contributed by atoms with Crippen molar-refractivity contribution >= 4 is 0 Å². The number of benzene rings is 1. The summed E-state index contributed by atoms with van der Waals surface area (Å²) in [7, 11) is 0. The predicted octanol–water partition coefficient (Wildman–Crippen LogP) is 2.43. The van der Waals surface area contributed by atoms with Gasteiger partial charge in [0, 0.05) is 13.1 Å². The van der Waals surface area contributed by atoms with Gasteiger partial charge in [-0.1, -0.05) is 24.3 Å². The van der Waals surface area contributed by atoms with Crippen molar-refractivity contribution in [1.29, 1.82) is 0 Å². The molecule has 1 aromatic carbocycles. The molecule has 0 spiro atoms. The van der Waals surface area contributed by atoms with E-state index >= 15 is 0 Å². The minimum Gasteiger partial charge on any atom is -0.379 e. The van der Waals surface area contributed by atoms with Crippen LogP contribution in [-0.2, 0) is 16.7 Å². The summed E-state index contributed by atoms with van der Waals surface area (Å²) in [5.74, 6) is -3.09. The normalized spacial score (nSPS) is 36.4. The molecule has 2 nitrogen and oxygen atoms in total. The van der Waals surface area contributed by atoms with E-state index in [0.717, 1.165) is 17.5 Å². The molecule has 0 unspecified atom stereocenters. The van der Waals surface area contributed by atoms with E-state index in [9.17, 15) is 8.78 Å². The molecular weight excluding hydrogens is 248 g/mol. The van der Waals surface area contributed by atoms with E-state index in [1.807, 2.05) is 29.2 Å². The fraction of sp³-hybridized carbons (Fsp3) is 0.600. The van der Waals surface area contributed by atoms with Crippen LogP contribution in [0.25, 0.3) is 0 Å².